The van der Waals surface area contributed by atoms with Crippen LogP contribution in [0.1, 0.15) is 41.6 Å². The minimum Gasteiger partial charge on any atom is -0.507 e. The highest BCUT2D eigenvalue weighted by Crippen LogP contribution is 2.56. The van der Waals surface area contributed by atoms with E-state index in [1.807, 2.05) is 0 Å². The van der Waals surface area contributed by atoms with Gasteiger partial charge in [-0.3, -0.25) is 14.4 Å². The molecule has 3 N–H and O–H groups in total. The fourth-order valence-electron chi connectivity index (χ4n) is 5.51. The Morgan fingerprint density at radius 2 is 1.90 bits per heavy atom. The van der Waals surface area contributed by atoms with Crippen LogP contribution in [0.15, 0.2) is 35.6 Å². The van der Waals surface area contributed by atoms with Crippen LogP contribution in [0.4, 0.5) is 0 Å². The molecule has 2 heterocycles. The zero-order chi connectivity index (χ0) is 28.8. The summed E-state index contributed by atoms with van der Waals surface area (Å²) in [6.07, 6.45) is -0.427. The lowest BCUT2D eigenvalue weighted by atomic mass is 9.69. The van der Waals surface area contributed by atoms with E-state index in [0.29, 0.717) is 17.1 Å². The van der Waals surface area contributed by atoms with Gasteiger partial charge in [-0.25, -0.2) is 0 Å². The smallest absolute Gasteiger partial charge is 0.231 e. The summed E-state index contributed by atoms with van der Waals surface area (Å²) in [4.78, 5) is 40.5. The number of aliphatic hydroxyl groups excluding tert-OH is 2. The fourth-order valence-corrected chi connectivity index (χ4v) is 5.77. The summed E-state index contributed by atoms with van der Waals surface area (Å²) in [5.41, 5.74) is -1.64. The van der Waals surface area contributed by atoms with Crippen molar-refractivity contribution in [3.63, 3.8) is 0 Å². The predicted octanol–water partition coefficient (Wildman–Crippen LogP) is 3.10. The van der Waals surface area contributed by atoms with Gasteiger partial charge in [0.15, 0.2) is 28.8 Å². The van der Waals surface area contributed by atoms with Crippen molar-refractivity contribution in [2.24, 2.45) is 5.92 Å². The van der Waals surface area contributed by atoms with Crippen molar-refractivity contribution in [1.29, 1.82) is 0 Å². The zero-order valence-corrected chi connectivity index (χ0v) is 22.8. The Kier molecular flexibility index (Phi) is 7.28. The number of Topliss-reactive ketones (excluding diaryl/α,β-unsaturated/α-hetero) is 2. The van der Waals surface area contributed by atoms with Crippen LogP contribution in [0.3, 0.4) is 0 Å². The molecule has 11 nitrogen and oxygen atoms in total. The second kappa shape index (κ2) is 10.5. The summed E-state index contributed by atoms with van der Waals surface area (Å²) < 4.78 is 27.8. The predicted molar refractivity (Wildman–Crippen MR) is 141 cm³/mol. The first-order valence-electron chi connectivity index (χ1n) is 12.6. The molecule has 0 saturated carbocycles. The summed E-state index contributed by atoms with van der Waals surface area (Å²) in [5.74, 6) is -2.75. The Morgan fingerprint density at radius 3 is 2.60 bits per heavy atom. The summed E-state index contributed by atoms with van der Waals surface area (Å²) >= 11 is 6.52. The van der Waals surface area contributed by atoms with Gasteiger partial charge in [-0.05, 0) is 17.7 Å². The average molecular weight is 574 g/mol. The molecule has 3 atom stereocenters. The number of allylic oxidation sites excluding steroid dienone is 1. The lowest BCUT2D eigenvalue weighted by molar-refractivity contribution is -0.122. The minimum atomic E-state index is -2.00. The largest absolute Gasteiger partial charge is 0.507 e. The van der Waals surface area contributed by atoms with Crippen molar-refractivity contribution in [2.45, 2.75) is 31.3 Å². The third-order valence-electron chi connectivity index (χ3n) is 7.48. The van der Waals surface area contributed by atoms with Gasteiger partial charge < -0.3 is 39.2 Å². The number of halogens is 1. The van der Waals surface area contributed by atoms with E-state index in [1.54, 1.807) is 25.1 Å². The summed E-state index contributed by atoms with van der Waals surface area (Å²) in [6.45, 7) is 1.36. The first-order chi connectivity index (χ1) is 19.2. The fraction of sp³-hybridized carbons (Fsp3) is 0.393. The molecule has 5 rings (SSSR count). The maximum absolute atomic E-state index is 14.1. The van der Waals surface area contributed by atoms with E-state index in [2.05, 4.69) is 5.32 Å². The number of methoxy groups -OCH3 is 2. The van der Waals surface area contributed by atoms with Crippen LogP contribution >= 0.6 is 11.6 Å². The van der Waals surface area contributed by atoms with Gasteiger partial charge in [0.05, 0.1) is 20.8 Å². The number of ketones is 2. The molecule has 0 radical (unpaired) electrons. The molecule has 2 aromatic carbocycles. The number of rotatable bonds is 8. The van der Waals surface area contributed by atoms with Gasteiger partial charge >= 0.3 is 0 Å². The minimum absolute atomic E-state index is 0.00364. The topological polar surface area (TPSA) is 150 Å². The van der Waals surface area contributed by atoms with Crippen molar-refractivity contribution < 1.29 is 48.3 Å². The molecule has 1 amide bonds. The third-order valence-corrected chi connectivity index (χ3v) is 7.84. The number of fused-ring (bicyclic) bond motifs is 2. The molecule has 12 heteroatoms. The SMILES string of the molecule is COc1cc(OC)c2c(c1Cl)OC1(C2=O)C(O)=C(C(CC(=O)NCCO)c2ccc3c(c2)OCO3)C(=O)CC1C. The van der Waals surface area contributed by atoms with Crippen LogP contribution in [-0.4, -0.2) is 67.5 Å². The lowest BCUT2D eigenvalue weighted by Crippen LogP contribution is -2.53. The Balaban J connectivity index is 1.68. The number of carbonyl (C=O) groups excluding carboxylic acids is 3. The number of amides is 1. The first kappa shape index (κ1) is 27.6. The first-order valence-corrected chi connectivity index (χ1v) is 13.0. The van der Waals surface area contributed by atoms with E-state index in [-0.39, 0.29) is 66.2 Å². The third kappa shape index (κ3) is 4.20. The standard InChI is InChI=1S/C28H28ClNO10/c1-13-8-16(32)22(15(10-21(33)30-6-7-31)14-4-5-17-18(9-14)39-12-38-17)26(34)28(13)27(35)23-19(36-2)11-20(37-3)24(29)25(23)40-28/h4-5,9,11,13,15,31,34H,6-8,10,12H2,1-3H3,(H,30,33). The summed E-state index contributed by atoms with van der Waals surface area (Å²) in [7, 11) is 2.77. The van der Waals surface area contributed by atoms with Gasteiger partial charge in [-0.2, -0.15) is 0 Å². The highest BCUT2D eigenvalue weighted by Gasteiger charge is 2.61. The molecule has 212 valence electrons. The maximum atomic E-state index is 14.1. The average Bonchev–Trinajstić information content (AvgIpc) is 3.54. The Hall–Kier alpha value is -3.96. The highest BCUT2D eigenvalue weighted by molar-refractivity contribution is 6.35. The van der Waals surface area contributed by atoms with Crippen LogP contribution in [-0.2, 0) is 9.59 Å². The molecule has 0 saturated heterocycles. The summed E-state index contributed by atoms with van der Waals surface area (Å²) in [5, 5.41) is 23.6. The second-order valence-corrected chi connectivity index (χ2v) is 10.1. The monoisotopic (exact) mass is 573 g/mol. The maximum Gasteiger partial charge on any atom is 0.231 e. The molecular formula is C28H28ClNO10. The van der Waals surface area contributed by atoms with Crippen molar-refractivity contribution >= 4 is 29.1 Å². The molecule has 0 aromatic heterocycles. The molecule has 0 bridgehead atoms. The molecule has 2 aliphatic heterocycles. The Morgan fingerprint density at radius 1 is 1.18 bits per heavy atom. The molecule has 1 aliphatic carbocycles. The van der Waals surface area contributed by atoms with E-state index in [4.69, 9.17) is 40.4 Å². The van der Waals surface area contributed by atoms with Crippen molar-refractivity contribution in [3.8, 4) is 28.7 Å². The van der Waals surface area contributed by atoms with Crippen LogP contribution in [0, 0.1) is 5.92 Å². The number of nitrogens with one attached hydrogen (secondary N) is 1. The zero-order valence-electron chi connectivity index (χ0n) is 22.0. The van der Waals surface area contributed by atoms with Crippen molar-refractivity contribution in [3.05, 3.63) is 51.7 Å². The molecular weight excluding hydrogens is 546 g/mol. The molecule has 3 aliphatic rings. The van der Waals surface area contributed by atoms with Crippen molar-refractivity contribution in [2.75, 3.05) is 34.2 Å². The molecule has 3 unspecified atom stereocenters. The number of hydrogen-bond acceptors (Lipinski definition) is 10. The van der Waals surface area contributed by atoms with E-state index in [1.165, 1.54) is 20.3 Å². The molecule has 1 spiro atoms. The lowest BCUT2D eigenvalue weighted by Gasteiger charge is -2.38. The van der Waals surface area contributed by atoms with Gasteiger partial charge in [-0.1, -0.05) is 24.6 Å². The number of carbonyl (C=O) groups is 3. The van der Waals surface area contributed by atoms with Crippen molar-refractivity contribution in [1.82, 2.24) is 5.32 Å². The van der Waals surface area contributed by atoms with Gasteiger partial charge in [0, 0.05) is 42.9 Å². The number of aliphatic hydroxyl groups is 2. The van der Waals surface area contributed by atoms with E-state index < -0.39 is 40.7 Å². The van der Waals surface area contributed by atoms with Gasteiger partial charge in [0.25, 0.3) is 0 Å². The van der Waals surface area contributed by atoms with Gasteiger partial charge in [0.1, 0.15) is 22.1 Å². The molecule has 40 heavy (non-hydrogen) atoms. The van der Waals surface area contributed by atoms with Gasteiger partial charge in [0.2, 0.25) is 24.1 Å². The highest BCUT2D eigenvalue weighted by atomic mass is 35.5. The number of benzene rings is 2. The summed E-state index contributed by atoms with van der Waals surface area (Å²) in [6, 6.07) is 6.38. The molecule has 0 fully saturated rings. The number of hydrogen-bond donors (Lipinski definition) is 3. The van der Waals surface area contributed by atoms with Crippen LogP contribution in [0.2, 0.25) is 5.02 Å². The quantitative estimate of drug-likeness (QED) is 0.430. The van der Waals surface area contributed by atoms with Gasteiger partial charge in [-0.15, -0.1) is 0 Å². The second-order valence-electron chi connectivity index (χ2n) is 9.70. The van der Waals surface area contributed by atoms with Crippen LogP contribution in [0.25, 0.3) is 0 Å². The molecule has 2 aromatic rings. The van der Waals surface area contributed by atoms with Crippen LogP contribution < -0.4 is 29.0 Å². The van der Waals surface area contributed by atoms with E-state index in [9.17, 15) is 19.5 Å². The van der Waals surface area contributed by atoms with E-state index in [0.717, 1.165) is 0 Å². The Bertz CT molecular complexity index is 1440. The number of ether oxygens (including phenoxy) is 5. The van der Waals surface area contributed by atoms with E-state index >= 15 is 0 Å². The van der Waals surface area contributed by atoms with Crippen LogP contribution in [0.5, 0.6) is 28.7 Å². The normalized spacial score (nSPS) is 21.8. The Labute approximate surface area is 234 Å².